The SMILES string of the molecule is CC1CC(CSc2cnn(C)c2)(C(=O)O)C1. The Bertz CT molecular complexity index is 396. The van der Waals surface area contributed by atoms with Gasteiger partial charge in [-0.2, -0.15) is 5.10 Å². The molecule has 2 rings (SSSR count). The van der Waals surface area contributed by atoms with Gasteiger partial charge in [0.25, 0.3) is 0 Å². The quantitative estimate of drug-likeness (QED) is 0.818. The molecule has 0 spiro atoms. The van der Waals surface area contributed by atoms with Crippen LogP contribution in [0.1, 0.15) is 19.8 Å². The van der Waals surface area contributed by atoms with E-state index in [4.69, 9.17) is 0 Å². The van der Waals surface area contributed by atoms with Crippen molar-refractivity contribution in [1.82, 2.24) is 9.78 Å². The molecule has 1 fully saturated rings. The molecular formula is C11H16N2O2S. The molecular weight excluding hydrogens is 224 g/mol. The maximum Gasteiger partial charge on any atom is 0.310 e. The highest BCUT2D eigenvalue weighted by Crippen LogP contribution is 2.48. The Hall–Kier alpha value is -0.970. The van der Waals surface area contributed by atoms with E-state index in [2.05, 4.69) is 12.0 Å². The lowest BCUT2D eigenvalue weighted by atomic mass is 9.64. The normalized spacial score (nSPS) is 28.8. The number of aryl methyl sites for hydroxylation is 1. The molecule has 0 atom stereocenters. The number of hydrogen-bond acceptors (Lipinski definition) is 3. The summed E-state index contributed by atoms with van der Waals surface area (Å²) in [7, 11) is 1.86. The molecule has 0 aromatic carbocycles. The summed E-state index contributed by atoms with van der Waals surface area (Å²) in [4.78, 5) is 12.3. The van der Waals surface area contributed by atoms with Gasteiger partial charge in [0.05, 0.1) is 11.6 Å². The molecule has 4 nitrogen and oxygen atoms in total. The fourth-order valence-corrected chi connectivity index (χ4v) is 3.47. The van der Waals surface area contributed by atoms with E-state index >= 15 is 0 Å². The first-order valence-corrected chi connectivity index (χ1v) is 6.35. The van der Waals surface area contributed by atoms with Crippen molar-refractivity contribution in [3.05, 3.63) is 12.4 Å². The Morgan fingerprint density at radius 2 is 2.44 bits per heavy atom. The van der Waals surface area contributed by atoms with E-state index in [0.717, 1.165) is 17.7 Å². The van der Waals surface area contributed by atoms with Crippen LogP contribution in [0.2, 0.25) is 0 Å². The number of hydrogen-bond donors (Lipinski definition) is 1. The predicted octanol–water partition coefficient (Wildman–Crippen LogP) is 2.01. The first-order valence-electron chi connectivity index (χ1n) is 5.37. The van der Waals surface area contributed by atoms with Crippen LogP contribution in [-0.2, 0) is 11.8 Å². The zero-order chi connectivity index (χ0) is 11.8. The van der Waals surface area contributed by atoms with Crippen molar-refractivity contribution in [2.24, 2.45) is 18.4 Å². The summed E-state index contributed by atoms with van der Waals surface area (Å²) in [5.41, 5.74) is -0.500. The first kappa shape index (κ1) is 11.5. The van der Waals surface area contributed by atoms with Crippen LogP contribution in [0, 0.1) is 11.3 Å². The van der Waals surface area contributed by atoms with E-state index in [1.807, 2.05) is 13.2 Å². The van der Waals surface area contributed by atoms with Crippen molar-refractivity contribution in [3.63, 3.8) is 0 Å². The Morgan fingerprint density at radius 3 is 2.88 bits per heavy atom. The Labute approximate surface area is 99.0 Å². The number of thioether (sulfide) groups is 1. The van der Waals surface area contributed by atoms with Crippen LogP contribution in [0.15, 0.2) is 17.3 Å². The second kappa shape index (κ2) is 4.13. The van der Waals surface area contributed by atoms with Crippen LogP contribution in [0.5, 0.6) is 0 Å². The largest absolute Gasteiger partial charge is 0.481 e. The third kappa shape index (κ3) is 2.09. The van der Waals surface area contributed by atoms with Crippen LogP contribution in [0.3, 0.4) is 0 Å². The van der Waals surface area contributed by atoms with Gasteiger partial charge in [-0.3, -0.25) is 9.48 Å². The number of aromatic nitrogens is 2. The molecule has 0 amide bonds. The average Bonchev–Trinajstić information content (AvgIpc) is 2.56. The van der Waals surface area contributed by atoms with E-state index in [0.29, 0.717) is 11.7 Å². The lowest BCUT2D eigenvalue weighted by Gasteiger charge is -2.42. The standard InChI is InChI=1S/C11H16N2O2S/c1-8-3-11(4-8,10(14)15)7-16-9-5-12-13(2)6-9/h5-6,8H,3-4,7H2,1-2H3,(H,14,15). The van der Waals surface area contributed by atoms with Gasteiger partial charge in [0, 0.05) is 23.9 Å². The van der Waals surface area contributed by atoms with Gasteiger partial charge in [0.2, 0.25) is 0 Å². The van der Waals surface area contributed by atoms with Crippen molar-refractivity contribution >= 4 is 17.7 Å². The molecule has 1 aromatic heterocycles. The summed E-state index contributed by atoms with van der Waals surface area (Å²) in [5.74, 6) is 0.547. The molecule has 88 valence electrons. The van der Waals surface area contributed by atoms with Gasteiger partial charge >= 0.3 is 5.97 Å². The van der Waals surface area contributed by atoms with E-state index in [-0.39, 0.29) is 0 Å². The molecule has 5 heteroatoms. The Kier molecular flexibility index (Phi) is 2.97. The predicted molar refractivity (Wildman–Crippen MR) is 62.4 cm³/mol. The minimum absolute atomic E-state index is 0.500. The molecule has 16 heavy (non-hydrogen) atoms. The topological polar surface area (TPSA) is 55.1 Å². The highest BCUT2D eigenvalue weighted by Gasteiger charge is 2.48. The fourth-order valence-electron chi connectivity index (χ4n) is 2.32. The number of rotatable bonds is 4. The summed E-state index contributed by atoms with van der Waals surface area (Å²) in [6.07, 6.45) is 5.30. The van der Waals surface area contributed by atoms with Gasteiger partial charge in [-0.1, -0.05) is 6.92 Å². The summed E-state index contributed by atoms with van der Waals surface area (Å²) in [6, 6.07) is 0. The van der Waals surface area contributed by atoms with E-state index in [1.165, 1.54) is 0 Å². The summed E-state index contributed by atoms with van der Waals surface area (Å²) in [5, 5.41) is 13.3. The second-order valence-corrected chi connectivity index (χ2v) is 5.79. The van der Waals surface area contributed by atoms with Crippen molar-refractivity contribution in [2.45, 2.75) is 24.7 Å². The number of nitrogens with zero attached hydrogens (tertiary/aromatic N) is 2. The monoisotopic (exact) mass is 240 g/mol. The molecule has 1 aliphatic rings. The van der Waals surface area contributed by atoms with Gasteiger partial charge in [-0.15, -0.1) is 11.8 Å². The van der Waals surface area contributed by atoms with Crippen LogP contribution >= 0.6 is 11.8 Å². The maximum absolute atomic E-state index is 11.2. The zero-order valence-electron chi connectivity index (χ0n) is 9.51. The highest BCUT2D eigenvalue weighted by molar-refractivity contribution is 7.99. The summed E-state index contributed by atoms with van der Waals surface area (Å²) < 4.78 is 1.74. The van der Waals surface area contributed by atoms with Crippen molar-refractivity contribution in [1.29, 1.82) is 0 Å². The Morgan fingerprint density at radius 1 is 1.75 bits per heavy atom. The summed E-state index contributed by atoms with van der Waals surface area (Å²) >= 11 is 1.59. The number of aliphatic carboxylic acids is 1. The van der Waals surface area contributed by atoms with Gasteiger partial charge in [-0.05, 0) is 18.8 Å². The molecule has 1 aliphatic carbocycles. The van der Waals surface area contributed by atoms with E-state index < -0.39 is 11.4 Å². The fraction of sp³-hybridized carbons (Fsp3) is 0.636. The molecule has 1 N–H and O–H groups in total. The average molecular weight is 240 g/mol. The van der Waals surface area contributed by atoms with Gasteiger partial charge in [0.1, 0.15) is 0 Å². The van der Waals surface area contributed by atoms with Crippen LogP contribution < -0.4 is 0 Å². The highest BCUT2D eigenvalue weighted by atomic mass is 32.2. The molecule has 0 saturated heterocycles. The molecule has 0 radical (unpaired) electrons. The first-order chi connectivity index (χ1) is 7.52. The minimum atomic E-state index is -0.651. The van der Waals surface area contributed by atoms with Crippen molar-refractivity contribution in [3.8, 4) is 0 Å². The lowest BCUT2D eigenvalue weighted by molar-refractivity contribution is -0.155. The van der Waals surface area contributed by atoms with Crippen molar-refractivity contribution < 1.29 is 9.90 Å². The lowest BCUT2D eigenvalue weighted by Crippen LogP contribution is -2.44. The molecule has 0 aliphatic heterocycles. The van der Waals surface area contributed by atoms with Crippen LogP contribution in [-0.4, -0.2) is 26.6 Å². The van der Waals surface area contributed by atoms with E-state index in [9.17, 15) is 9.90 Å². The number of carboxylic acid groups (broad SMARTS) is 1. The van der Waals surface area contributed by atoms with E-state index in [1.54, 1.807) is 22.6 Å². The Balaban J connectivity index is 1.95. The molecule has 0 unspecified atom stereocenters. The van der Waals surface area contributed by atoms with Gasteiger partial charge < -0.3 is 5.11 Å². The zero-order valence-corrected chi connectivity index (χ0v) is 10.3. The second-order valence-electron chi connectivity index (χ2n) is 4.74. The molecule has 1 heterocycles. The third-order valence-corrected chi connectivity index (χ3v) is 4.37. The maximum atomic E-state index is 11.2. The van der Waals surface area contributed by atoms with Crippen LogP contribution in [0.25, 0.3) is 0 Å². The molecule has 0 bridgehead atoms. The van der Waals surface area contributed by atoms with Crippen molar-refractivity contribution in [2.75, 3.05) is 5.75 Å². The molecule has 1 saturated carbocycles. The minimum Gasteiger partial charge on any atom is -0.481 e. The van der Waals surface area contributed by atoms with Crippen LogP contribution in [0.4, 0.5) is 0 Å². The van der Waals surface area contributed by atoms with Gasteiger partial charge in [0.15, 0.2) is 0 Å². The number of carboxylic acids is 1. The summed E-state index contributed by atoms with van der Waals surface area (Å²) in [6.45, 7) is 2.11. The smallest absolute Gasteiger partial charge is 0.310 e. The van der Waals surface area contributed by atoms with Gasteiger partial charge in [-0.25, -0.2) is 0 Å². The molecule has 1 aromatic rings. The number of carbonyl (C=O) groups is 1. The third-order valence-electron chi connectivity index (χ3n) is 3.13.